The third-order valence-electron chi connectivity index (χ3n) is 3.33. The number of amides is 1. The average Bonchev–Trinajstić information content (AvgIpc) is 2.67. The van der Waals surface area contributed by atoms with Gasteiger partial charge in [0.1, 0.15) is 5.60 Å². The van der Waals surface area contributed by atoms with E-state index in [1.165, 1.54) is 0 Å². The lowest BCUT2D eigenvalue weighted by Crippen LogP contribution is -2.35. The van der Waals surface area contributed by atoms with Crippen LogP contribution in [-0.4, -0.2) is 18.2 Å². The highest BCUT2D eigenvalue weighted by Gasteiger charge is 2.29. The van der Waals surface area contributed by atoms with Crippen molar-refractivity contribution in [2.75, 3.05) is 11.4 Å². The molecular weight excluding hydrogens is 252 g/mol. The monoisotopic (exact) mass is 276 g/mol. The molecule has 1 amide bonds. The zero-order valence-corrected chi connectivity index (χ0v) is 13.0. The number of rotatable bonds is 1. The maximum absolute atomic E-state index is 12.2. The van der Waals surface area contributed by atoms with Gasteiger partial charge in [-0.15, -0.1) is 0 Å². The molecule has 20 heavy (non-hydrogen) atoms. The fraction of sp³-hybridized carbons (Fsp3) is 0.562. The number of ether oxygens (including phenoxy) is 1. The number of carbonyl (C=O) groups excluding carboxylic acids is 1. The molecule has 1 aromatic rings. The van der Waals surface area contributed by atoms with Gasteiger partial charge in [0, 0.05) is 12.1 Å². The van der Waals surface area contributed by atoms with Crippen molar-refractivity contribution >= 4 is 11.8 Å². The second-order valence-electron chi connectivity index (χ2n) is 6.95. The van der Waals surface area contributed by atoms with Crippen LogP contribution in [0.25, 0.3) is 0 Å². The molecule has 4 nitrogen and oxygen atoms in total. The van der Waals surface area contributed by atoms with Crippen LogP contribution in [0.15, 0.2) is 18.2 Å². The molecule has 1 aliphatic heterocycles. The number of benzene rings is 1. The van der Waals surface area contributed by atoms with E-state index in [2.05, 4.69) is 6.07 Å². The van der Waals surface area contributed by atoms with E-state index in [1.54, 1.807) is 4.90 Å². The molecule has 2 N–H and O–H groups in total. The Morgan fingerprint density at radius 2 is 1.90 bits per heavy atom. The number of hydrogen-bond donors (Lipinski definition) is 1. The first-order valence-electron chi connectivity index (χ1n) is 7.01. The van der Waals surface area contributed by atoms with Crippen LogP contribution in [0.3, 0.4) is 0 Å². The van der Waals surface area contributed by atoms with Gasteiger partial charge in [-0.2, -0.15) is 0 Å². The number of fused-ring (bicyclic) bond motifs is 1. The minimum Gasteiger partial charge on any atom is -0.443 e. The molecule has 1 heterocycles. The Morgan fingerprint density at radius 3 is 2.45 bits per heavy atom. The second kappa shape index (κ2) is 4.77. The highest BCUT2D eigenvalue weighted by atomic mass is 16.6. The van der Waals surface area contributed by atoms with Crippen LogP contribution in [0.5, 0.6) is 0 Å². The lowest BCUT2D eigenvalue weighted by molar-refractivity contribution is 0.0584. The first-order valence-corrected chi connectivity index (χ1v) is 7.01. The Balaban J connectivity index is 2.24. The van der Waals surface area contributed by atoms with Crippen molar-refractivity contribution in [3.63, 3.8) is 0 Å². The van der Waals surface area contributed by atoms with Crippen molar-refractivity contribution < 1.29 is 9.53 Å². The third kappa shape index (κ3) is 3.12. The van der Waals surface area contributed by atoms with Gasteiger partial charge >= 0.3 is 6.09 Å². The third-order valence-corrected chi connectivity index (χ3v) is 3.33. The van der Waals surface area contributed by atoms with Crippen molar-refractivity contribution in [3.05, 3.63) is 29.3 Å². The molecule has 0 saturated carbocycles. The van der Waals surface area contributed by atoms with Crippen LogP contribution in [0.2, 0.25) is 0 Å². The Morgan fingerprint density at radius 1 is 1.25 bits per heavy atom. The number of carbonyl (C=O) groups is 1. The predicted octanol–water partition coefficient (Wildman–Crippen LogP) is 3.18. The van der Waals surface area contributed by atoms with Crippen molar-refractivity contribution in [3.8, 4) is 0 Å². The summed E-state index contributed by atoms with van der Waals surface area (Å²) in [7, 11) is 0. The van der Waals surface area contributed by atoms with Crippen LogP contribution in [0.1, 0.15) is 45.7 Å². The minimum absolute atomic E-state index is 0.281. The van der Waals surface area contributed by atoms with Gasteiger partial charge in [0.15, 0.2) is 0 Å². The largest absolute Gasteiger partial charge is 0.443 e. The van der Waals surface area contributed by atoms with Gasteiger partial charge in [0.25, 0.3) is 0 Å². The van der Waals surface area contributed by atoms with Crippen molar-refractivity contribution in [2.45, 2.75) is 52.2 Å². The Hall–Kier alpha value is -1.55. The van der Waals surface area contributed by atoms with Crippen molar-refractivity contribution in [1.82, 2.24) is 0 Å². The molecule has 0 unspecified atom stereocenters. The summed E-state index contributed by atoms with van der Waals surface area (Å²) in [5.74, 6) is 0. The van der Waals surface area contributed by atoms with Crippen molar-refractivity contribution in [2.24, 2.45) is 5.73 Å². The Labute approximate surface area is 120 Å². The van der Waals surface area contributed by atoms with Gasteiger partial charge in [-0.05, 0) is 58.2 Å². The van der Waals surface area contributed by atoms with E-state index in [0.29, 0.717) is 6.54 Å². The summed E-state index contributed by atoms with van der Waals surface area (Å²) in [6, 6.07) is 6.05. The molecule has 110 valence electrons. The minimum atomic E-state index is -0.473. The quantitative estimate of drug-likeness (QED) is 0.857. The number of nitrogens with zero attached hydrogens (tertiary/aromatic N) is 1. The second-order valence-corrected chi connectivity index (χ2v) is 6.95. The molecule has 0 spiro atoms. The van der Waals surface area contributed by atoms with E-state index in [1.807, 2.05) is 46.8 Å². The molecule has 4 heteroatoms. The summed E-state index contributed by atoms with van der Waals surface area (Å²) in [4.78, 5) is 13.9. The molecule has 0 aliphatic carbocycles. The van der Waals surface area contributed by atoms with Crippen LogP contribution < -0.4 is 10.6 Å². The first kappa shape index (κ1) is 14.9. The summed E-state index contributed by atoms with van der Waals surface area (Å²) < 4.78 is 5.44. The van der Waals surface area contributed by atoms with Crippen molar-refractivity contribution in [1.29, 1.82) is 0 Å². The standard InChI is InChI=1S/C16H24N2O2/c1-15(2,3)20-14(19)18-9-8-11-10-12(16(4,5)17)6-7-13(11)18/h6-7,10H,8-9,17H2,1-5H3. The highest BCUT2D eigenvalue weighted by Crippen LogP contribution is 2.32. The Bertz CT molecular complexity index is 524. The van der Waals surface area contributed by atoms with Gasteiger partial charge in [-0.3, -0.25) is 4.90 Å². The molecule has 0 aromatic heterocycles. The van der Waals surface area contributed by atoms with E-state index in [9.17, 15) is 4.79 Å². The van der Waals surface area contributed by atoms with Gasteiger partial charge < -0.3 is 10.5 Å². The summed E-state index contributed by atoms with van der Waals surface area (Å²) in [5, 5.41) is 0. The molecule has 1 aromatic carbocycles. The molecule has 0 atom stereocenters. The topological polar surface area (TPSA) is 55.6 Å². The average molecular weight is 276 g/mol. The van der Waals surface area contributed by atoms with Crippen LogP contribution in [-0.2, 0) is 16.7 Å². The lowest BCUT2D eigenvalue weighted by atomic mass is 9.93. The Kier molecular flexibility index (Phi) is 3.54. The van der Waals surface area contributed by atoms with Gasteiger partial charge in [-0.25, -0.2) is 4.79 Å². The predicted molar refractivity (Wildman–Crippen MR) is 80.9 cm³/mol. The van der Waals surface area contributed by atoms with Crippen LogP contribution in [0, 0.1) is 0 Å². The molecule has 2 rings (SSSR count). The normalized spacial score (nSPS) is 15.2. The zero-order chi connectivity index (χ0) is 15.1. The molecule has 0 fully saturated rings. The summed E-state index contributed by atoms with van der Waals surface area (Å²) in [5.41, 5.74) is 8.47. The fourth-order valence-electron chi connectivity index (χ4n) is 2.31. The van der Waals surface area contributed by atoms with Crippen LogP contribution in [0.4, 0.5) is 10.5 Å². The van der Waals surface area contributed by atoms with Crippen LogP contribution >= 0.6 is 0 Å². The van der Waals surface area contributed by atoms with E-state index in [4.69, 9.17) is 10.5 Å². The molecule has 0 radical (unpaired) electrons. The number of nitrogens with two attached hydrogens (primary N) is 1. The van der Waals surface area contributed by atoms with E-state index >= 15 is 0 Å². The summed E-state index contributed by atoms with van der Waals surface area (Å²) >= 11 is 0. The number of hydrogen-bond acceptors (Lipinski definition) is 3. The zero-order valence-electron chi connectivity index (χ0n) is 13.0. The van der Waals surface area contributed by atoms with E-state index < -0.39 is 5.60 Å². The fourth-order valence-corrected chi connectivity index (χ4v) is 2.31. The van der Waals surface area contributed by atoms with Gasteiger partial charge in [0.05, 0.1) is 5.69 Å². The smallest absolute Gasteiger partial charge is 0.414 e. The highest BCUT2D eigenvalue weighted by molar-refractivity contribution is 5.90. The summed E-state index contributed by atoms with van der Waals surface area (Å²) in [6.45, 7) is 10.3. The lowest BCUT2D eigenvalue weighted by Gasteiger charge is -2.25. The molecule has 1 aliphatic rings. The van der Waals surface area contributed by atoms with E-state index in [0.717, 1.165) is 23.2 Å². The van der Waals surface area contributed by atoms with Gasteiger partial charge in [-0.1, -0.05) is 12.1 Å². The maximum Gasteiger partial charge on any atom is 0.414 e. The number of anilines is 1. The molecular formula is C16H24N2O2. The molecule has 0 saturated heterocycles. The van der Waals surface area contributed by atoms with Gasteiger partial charge in [0.2, 0.25) is 0 Å². The maximum atomic E-state index is 12.2. The van der Waals surface area contributed by atoms with E-state index in [-0.39, 0.29) is 11.6 Å². The molecule has 0 bridgehead atoms. The summed E-state index contributed by atoms with van der Waals surface area (Å²) in [6.07, 6.45) is 0.564. The first-order chi connectivity index (χ1) is 9.08. The SMILES string of the molecule is CC(C)(C)OC(=O)N1CCc2cc(C(C)(C)N)ccc21.